The molecule has 1 aliphatic rings. The van der Waals surface area contributed by atoms with E-state index >= 15 is 0 Å². The third kappa shape index (κ3) is 3.84. The molecule has 24 heavy (non-hydrogen) atoms. The van der Waals surface area contributed by atoms with Crippen molar-refractivity contribution >= 4 is 29.4 Å². The molecule has 0 aromatic carbocycles. The molecule has 0 N–H and O–H groups in total. The number of fused-ring (bicyclic) bond motifs is 1. The van der Waals surface area contributed by atoms with E-state index in [1.54, 1.807) is 34.8 Å². The summed E-state index contributed by atoms with van der Waals surface area (Å²) in [6.45, 7) is 3.26. The van der Waals surface area contributed by atoms with Crippen LogP contribution in [-0.4, -0.2) is 61.8 Å². The SMILES string of the molecule is CCOC(=O)[C@H]1CCCN(C(=O)CSc2nc3ncccn3n2)C1. The van der Waals surface area contributed by atoms with Crippen molar-refractivity contribution in [2.24, 2.45) is 5.92 Å². The molecule has 0 unspecified atom stereocenters. The minimum atomic E-state index is -0.217. The Morgan fingerprint density at radius 1 is 1.46 bits per heavy atom. The van der Waals surface area contributed by atoms with Gasteiger partial charge in [0.2, 0.25) is 11.1 Å². The molecule has 9 heteroatoms. The second-order valence-corrected chi connectivity index (χ2v) is 6.42. The van der Waals surface area contributed by atoms with Gasteiger partial charge in [-0.3, -0.25) is 9.59 Å². The lowest BCUT2D eigenvalue weighted by molar-refractivity contribution is -0.151. The Labute approximate surface area is 143 Å². The molecule has 1 amide bonds. The first-order valence-corrected chi connectivity index (χ1v) is 8.90. The number of likely N-dealkylation sites (tertiary alicyclic amines) is 1. The largest absolute Gasteiger partial charge is 0.466 e. The Balaban J connectivity index is 1.55. The van der Waals surface area contributed by atoms with Crippen LogP contribution in [0.1, 0.15) is 19.8 Å². The highest BCUT2D eigenvalue weighted by Gasteiger charge is 2.29. The Kier molecular flexibility index (Phi) is 5.29. The number of aromatic nitrogens is 4. The van der Waals surface area contributed by atoms with Gasteiger partial charge in [0.25, 0.3) is 5.78 Å². The van der Waals surface area contributed by atoms with Crippen LogP contribution >= 0.6 is 11.8 Å². The maximum absolute atomic E-state index is 12.4. The lowest BCUT2D eigenvalue weighted by Gasteiger charge is -2.31. The number of thioether (sulfide) groups is 1. The summed E-state index contributed by atoms with van der Waals surface area (Å²) in [5, 5.41) is 4.77. The summed E-state index contributed by atoms with van der Waals surface area (Å²) in [6.07, 6.45) is 4.99. The number of amides is 1. The number of carbonyl (C=O) groups excluding carboxylic acids is 2. The highest BCUT2D eigenvalue weighted by molar-refractivity contribution is 7.99. The van der Waals surface area contributed by atoms with Gasteiger partial charge in [0.05, 0.1) is 18.3 Å². The van der Waals surface area contributed by atoms with Crippen molar-refractivity contribution in [1.82, 2.24) is 24.5 Å². The van der Waals surface area contributed by atoms with Gasteiger partial charge >= 0.3 is 5.97 Å². The van der Waals surface area contributed by atoms with E-state index < -0.39 is 0 Å². The molecule has 0 spiro atoms. The predicted octanol–water partition coefficient (Wildman–Crippen LogP) is 1.02. The first-order valence-electron chi connectivity index (χ1n) is 7.92. The standard InChI is InChI=1S/C15H19N5O3S/c1-2-23-13(22)11-5-3-7-19(9-11)12(21)10-24-15-17-14-16-6-4-8-20(14)18-15/h4,6,8,11H,2-3,5,7,9-10H2,1H3/t11-/m0/s1. The molecule has 3 rings (SSSR count). The predicted molar refractivity (Wildman–Crippen MR) is 87.4 cm³/mol. The summed E-state index contributed by atoms with van der Waals surface area (Å²) >= 11 is 1.28. The average Bonchev–Trinajstić information content (AvgIpc) is 3.03. The van der Waals surface area contributed by atoms with Crippen molar-refractivity contribution < 1.29 is 14.3 Å². The molecule has 2 aromatic heterocycles. The second kappa shape index (κ2) is 7.61. The van der Waals surface area contributed by atoms with E-state index in [4.69, 9.17) is 4.74 Å². The summed E-state index contributed by atoms with van der Waals surface area (Å²) in [6, 6.07) is 1.77. The number of ether oxygens (including phenoxy) is 1. The number of nitrogens with zero attached hydrogens (tertiary/aromatic N) is 5. The quantitative estimate of drug-likeness (QED) is 0.588. The van der Waals surface area contributed by atoms with Crippen LogP contribution in [-0.2, 0) is 14.3 Å². The summed E-state index contributed by atoms with van der Waals surface area (Å²) in [5.41, 5.74) is 0. The van der Waals surface area contributed by atoms with Crippen LogP contribution in [0.15, 0.2) is 23.6 Å². The van der Waals surface area contributed by atoms with Gasteiger partial charge in [-0.2, -0.15) is 4.98 Å². The molecule has 0 saturated carbocycles. The van der Waals surface area contributed by atoms with Gasteiger partial charge < -0.3 is 9.64 Å². The van der Waals surface area contributed by atoms with E-state index in [0.29, 0.717) is 30.6 Å². The molecule has 1 fully saturated rings. The maximum Gasteiger partial charge on any atom is 0.310 e. The van der Waals surface area contributed by atoms with Crippen LogP contribution in [0.25, 0.3) is 5.78 Å². The van der Waals surface area contributed by atoms with Crippen molar-refractivity contribution in [3.8, 4) is 0 Å². The van der Waals surface area contributed by atoms with Crippen LogP contribution in [0.4, 0.5) is 0 Å². The minimum absolute atomic E-state index is 0.0131. The van der Waals surface area contributed by atoms with Crippen molar-refractivity contribution in [2.75, 3.05) is 25.4 Å². The lowest BCUT2D eigenvalue weighted by atomic mass is 9.98. The number of hydrogen-bond acceptors (Lipinski definition) is 7. The molecular formula is C15H19N5O3S. The maximum atomic E-state index is 12.4. The van der Waals surface area contributed by atoms with Gasteiger partial charge in [-0.25, -0.2) is 9.50 Å². The molecule has 0 aliphatic carbocycles. The number of piperidine rings is 1. The van der Waals surface area contributed by atoms with Crippen molar-refractivity contribution in [3.05, 3.63) is 18.5 Å². The number of esters is 1. The molecule has 1 aliphatic heterocycles. The van der Waals surface area contributed by atoms with Gasteiger partial charge in [0.1, 0.15) is 0 Å². The fraction of sp³-hybridized carbons (Fsp3) is 0.533. The molecule has 8 nitrogen and oxygen atoms in total. The number of rotatable bonds is 5. The molecule has 128 valence electrons. The van der Waals surface area contributed by atoms with E-state index in [1.807, 2.05) is 0 Å². The molecular weight excluding hydrogens is 330 g/mol. The Hall–Kier alpha value is -2.16. The summed E-state index contributed by atoms with van der Waals surface area (Å²) in [7, 11) is 0. The zero-order valence-corrected chi connectivity index (χ0v) is 14.2. The Bertz CT molecular complexity index is 702. The zero-order valence-electron chi connectivity index (χ0n) is 13.4. The smallest absolute Gasteiger partial charge is 0.310 e. The topological polar surface area (TPSA) is 89.7 Å². The van der Waals surface area contributed by atoms with Gasteiger partial charge in [-0.05, 0) is 25.8 Å². The van der Waals surface area contributed by atoms with Crippen molar-refractivity contribution in [2.45, 2.75) is 24.9 Å². The van der Waals surface area contributed by atoms with E-state index in [0.717, 1.165) is 12.8 Å². The van der Waals surface area contributed by atoms with E-state index in [1.165, 1.54) is 11.8 Å². The Morgan fingerprint density at radius 2 is 2.33 bits per heavy atom. The van der Waals surface area contributed by atoms with Gasteiger partial charge in [-0.1, -0.05) is 11.8 Å². The van der Waals surface area contributed by atoms with E-state index in [9.17, 15) is 9.59 Å². The first kappa shape index (κ1) is 16.7. The van der Waals surface area contributed by atoms with Crippen LogP contribution in [0.2, 0.25) is 0 Å². The fourth-order valence-corrected chi connectivity index (χ4v) is 3.38. The lowest BCUT2D eigenvalue weighted by Crippen LogP contribution is -2.43. The summed E-state index contributed by atoms with van der Waals surface area (Å²) < 4.78 is 6.63. The first-order chi connectivity index (χ1) is 11.7. The Morgan fingerprint density at radius 3 is 3.12 bits per heavy atom. The van der Waals surface area contributed by atoms with Crippen LogP contribution in [0.3, 0.4) is 0 Å². The van der Waals surface area contributed by atoms with Crippen LogP contribution < -0.4 is 0 Å². The highest BCUT2D eigenvalue weighted by atomic mass is 32.2. The summed E-state index contributed by atoms with van der Waals surface area (Å²) in [5.74, 6) is 0.307. The number of hydrogen-bond donors (Lipinski definition) is 0. The van der Waals surface area contributed by atoms with Crippen molar-refractivity contribution in [3.63, 3.8) is 0 Å². The zero-order chi connectivity index (χ0) is 16.9. The highest BCUT2D eigenvalue weighted by Crippen LogP contribution is 2.20. The normalized spacial score (nSPS) is 17.9. The monoisotopic (exact) mass is 349 g/mol. The summed E-state index contributed by atoms with van der Waals surface area (Å²) in [4.78, 5) is 34.3. The third-order valence-corrected chi connectivity index (χ3v) is 4.64. The molecule has 1 saturated heterocycles. The molecule has 1 atom stereocenters. The van der Waals surface area contributed by atoms with Gasteiger partial charge in [0.15, 0.2) is 0 Å². The average molecular weight is 349 g/mol. The van der Waals surface area contributed by atoms with Gasteiger partial charge in [0, 0.05) is 25.5 Å². The third-order valence-electron chi connectivity index (χ3n) is 3.82. The number of carbonyl (C=O) groups is 2. The van der Waals surface area contributed by atoms with E-state index in [2.05, 4.69) is 15.1 Å². The minimum Gasteiger partial charge on any atom is -0.466 e. The molecule has 2 aromatic rings. The molecule has 0 bridgehead atoms. The fourth-order valence-electron chi connectivity index (χ4n) is 2.65. The van der Waals surface area contributed by atoms with Crippen LogP contribution in [0.5, 0.6) is 0 Å². The van der Waals surface area contributed by atoms with Gasteiger partial charge in [-0.15, -0.1) is 5.10 Å². The molecule has 3 heterocycles. The van der Waals surface area contributed by atoms with Crippen molar-refractivity contribution in [1.29, 1.82) is 0 Å². The van der Waals surface area contributed by atoms with Crippen LogP contribution in [0, 0.1) is 5.92 Å². The molecule has 0 radical (unpaired) electrons. The van der Waals surface area contributed by atoms with E-state index in [-0.39, 0.29) is 23.5 Å². The second-order valence-electron chi connectivity index (χ2n) is 5.48.